The van der Waals surface area contributed by atoms with Crippen molar-refractivity contribution >= 4 is 11.1 Å². The van der Waals surface area contributed by atoms with Gasteiger partial charge < -0.3 is 4.55 Å². The first-order valence-electron chi connectivity index (χ1n) is 8.53. The van der Waals surface area contributed by atoms with Crippen molar-refractivity contribution < 1.29 is 8.76 Å². The Labute approximate surface area is 128 Å². The lowest BCUT2D eigenvalue weighted by Crippen LogP contribution is -1.83. The van der Waals surface area contributed by atoms with Gasteiger partial charge in [0.05, 0.1) is 0 Å². The number of hydrogen-bond donors (Lipinski definition) is 1. The fraction of sp³-hybridized carbons (Fsp3) is 0.882. The van der Waals surface area contributed by atoms with E-state index in [1.54, 1.807) is 0 Å². The number of unbranched alkanes of at least 4 members (excludes halogenated alkanes) is 13. The second-order valence-corrected chi connectivity index (χ2v) is 6.50. The highest BCUT2D eigenvalue weighted by Gasteiger charge is 1.93. The van der Waals surface area contributed by atoms with Crippen molar-refractivity contribution in [3.8, 4) is 0 Å². The number of hydrogen-bond acceptors (Lipinski definition) is 1. The van der Waals surface area contributed by atoms with Crippen LogP contribution >= 0.6 is 0 Å². The summed E-state index contributed by atoms with van der Waals surface area (Å²) in [5.41, 5.74) is 0. The van der Waals surface area contributed by atoms with Gasteiger partial charge in [-0.15, -0.1) is 0 Å². The molecule has 0 aliphatic rings. The van der Waals surface area contributed by atoms with E-state index >= 15 is 0 Å². The van der Waals surface area contributed by atoms with Crippen LogP contribution in [0.25, 0.3) is 0 Å². The van der Waals surface area contributed by atoms with Gasteiger partial charge in [-0.3, -0.25) is 0 Å². The molecular weight excluding hydrogens is 268 g/mol. The van der Waals surface area contributed by atoms with Gasteiger partial charge in [-0.05, 0) is 12.8 Å². The highest BCUT2D eigenvalue weighted by atomic mass is 32.2. The molecule has 0 fully saturated rings. The molecule has 0 aliphatic carbocycles. The zero-order valence-electron chi connectivity index (χ0n) is 13.3. The lowest BCUT2D eigenvalue weighted by atomic mass is 10.0. The van der Waals surface area contributed by atoms with Gasteiger partial charge in [0, 0.05) is 5.41 Å². The molecule has 0 rings (SSSR count). The first-order chi connectivity index (χ1) is 9.77. The van der Waals surface area contributed by atoms with Crippen molar-refractivity contribution in [2.45, 2.75) is 96.8 Å². The molecule has 0 heterocycles. The minimum atomic E-state index is -1.76. The van der Waals surface area contributed by atoms with E-state index in [0.29, 0.717) is 0 Å². The maximum absolute atomic E-state index is 10.4. The molecule has 0 saturated carbocycles. The zero-order chi connectivity index (χ0) is 14.9. The van der Waals surface area contributed by atoms with Gasteiger partial charge in [-0.2, -0.15) is 0 Å². The van der Waals surface area contributed by atoms with Gasteiger partial charge in [0.25, 0.3) is 0 Å². The molecule has 120 valence electrons. The van der Waals surface area contributed by atoms with Crippen LogP contribution in [0.4, 0.5) is 0 Å². The Bertz CT molecular complexity index is 239. The van der Waals surface area contributed by atoms with Gasteiger partial charge in [-0.1, -0.05) is 90.0 Å². The maximum Gasteiger partial charge on any atom is 0.178 e. The molecule has 0 aromatic carbocycles. The maximum atomic E-state index is 10.4. The van der Waals surface area contributed by atoms with E-state index < -0.39 is 11.1 Å². The quantitative estimate of drug-likeness (QED) is 0.289. The van der Waals surface area contributed by atoms with E-state index in [1.807, 2.05) is 6.08 Å². The predicted molar refractivity (Wildman–Crippen MR) is 90.2 cm³/mol. The van der Waals surface area contributed by atoms with E-state index in [9.17, 15) is 4.21 Å². The van der Waals surface area contributed by atoms with Gasteiger partial charge in [-0.25, -0.2) is 4.21 Å². The van der Waals surface area contributed by atoms with Crippen LogP contribution in [0.5, 0.6) is 0 Å². The van der Waals surface area contributed by atoms with E-state index in [0.717, 1.165) is 12.8 Å². The Balaban J connectivity index is 3.01. The second kappa shape index (κ2) is 16.9. The highest BCUT2D eigenvalue weighted by molar-refractivity contribution is 7.82. The van der Waals surface area contributed by atoms with E-state index in [4.69, 9.17) is 4.55 Å². The molecule has 0 aromatic rings. The molecule has 1 N–H and O–H groups in total. The van der Waals surface area contributed by atoms with E-state index in [-0.39, 0.29) is 0 Å². The molecule has 3 heteroatoms. The van der Waals surface area contributed by atoms with Gasteiger partial charge in [0.1, 0.15) is 0 Å². The lowest BCUT2D eigenvalue weighted by molar-refractivity contribution is 0.540. The third kappa shape index (κ3) is 17.8. The summed E-state index contributed by atoms with van der Waals surface area (Å²) in [6.07, 6.45) is 20.5. The van der Waals surface area contributed by atoms with Crippen LogP contribution in [-0.2, 0) is 11.1 Å². The van der Waals surface area contributed by atoms with Gasteiger partial charge in [0.2, 0.25) is 0 Å². The third-order valence-electron chi connectivity index (χ3n) is 3.69. The van der Waals surface area contributed by atoms with Gasteiger partial charge in [0.15, 0.2) is 11.1 Å². The largest absolute Gasteiger partial charge is 0.303 e. The van der Waals surface area contributed by atoms with Crippen LogP contribution in [0.2, 0.25) is 0 Å². The minimum Gasteiger partial charge on any atom is -0.303 e. The highest BCUT2D eigenvalue weighted by Crippen LogP contribution is 2.12. The fourth-order valence-electron chi connectivity index (χ4n) is 2.43. The third-order valence-corrected chi connectivity index (χ3v) is 4.11. The van der Waals surface area contributed by atoms with Crippen LogP contribution in [-0.4, -0.2) is 8.76 Å². The molecule has 1 unspecified atom stereocenters. The Morgan fingerprint density at radius 3 is 1.55 bits per heavy atom. The molecule has 0 radical (unpaired) electrons. The van der Waals surface area contributed by atoms with Crippen molar-refractivity contribution in [3.05, 3.63) is 11.5 Å². The first-order valence-corrected chi connectivity index (χ1v) is 9.70. The molecule has 1 atom stereocenters. The SMILES string of the molecule is CCCCCCCCCCCCCCCC=CS(=O)O. The predicted octanol–water partition coefficient (Wildman–Crippen LogP) is 6.20. The molecule has 20 heavy (non-hydrogen) atoms. The standard InChI is InChI=1S/C17H34O2S/c1-2-3-4-5-6-7-8-9-10-11-12-13-14-15-16-17-20(18)19/h16-17H,2-15H2,1H3,(H,18,19). The van der Waals surface area contributed by atoms with Crippen LogP contribution in [0.15, 0.2) is 11.5 Å². The average Bonchev–Trinajstić information content (AvgIpc) is 2.43. The number of rotatable bonds is 15. The summed E-state index contributed by atoms with van der Waals surface area (Å²) < 4.78 is 18.9. The van der Waals surface area contributed by atoms with E-state index in [1.165, 1.54) is 82.5 Å². The van der Waals surface area contributed by atoms with Crippen molar-refractivity contribution in [1.29, 1.82) is 0 Å². The average molecular weight is 303 g/mol. The molecule has 0 amide bonds. The Hall–Kier alpha value is -0.150. The van der Waals surface area contributed by atoms with Gasteiger partial charge >= 0.3 is 0 Å². The molecule has 0 saturated heterocycles. The fourth-order valence-corrected chi connectivity index (χ4v) is 2.73. The number of allylic oxidation sites excluding steroid dienone is 1. The minimum absolute atomic E-state index is 0.935. The first kappa shape index (κ1) is 19.9. The van der Waals surface area contributed by atoms with Crippen LogP contribution in [0.1, 0.15) is 96.8 Å². The van der Waals surface area contributed by atoms with E-state index in [2.05, 4.69) is 6.92 Å². The summed E-state index contributed by atoms with van der Waals surface area (Å²) >= 11 is -1.76. The monoisotopic (exact) mass is 302 g/mol. The molecule has 0 aromatic heterocycles. The van der Waals surface area contributed by atoms with Crippen LogP contribution in [0, 0.1) is 0 Å². The normalized spacial score (nSPS) is 13.1. The van der Waals surface area contributed by atoms with Crippen molar-refractivity contribution in [2.75, 3.05) is 0 Å². The summed E-state index contributed by atoms with van der Waals surface area (Å²) in [5.74, 6) is 0. The smallest absolute Gasteiger partial charge is 0.178 e. The molecule has 2 nitrogen and oxygen atoms in total. The lowest BCUT2D eigenvalue weighted by Gasteiger charge is -2.02. The Morgan fingerprint density at radius 1 is 0.750 bits per heavy atom. The molecule has 0 bridgehead atoms. The van der Waals surface area contributed by atoms with Crippen molar-refractivity contribution in [1.82, 2.24) is 0 Å². The van der Waals surface area contributed by atoms with Crippen molar-refractivity contribution in [2.24, 2.45) is 0 Å². The zero-order valence-corrected chi connectivity index (χ0v) is 14.1. The Kier molecular flexibility index (Phi) is 16.8. The summed E-state index contributed by atoms with van der Waals surface area (Å²) in [6.45, 7) is 2.27. The summed E-state index contributed by atoms with van der Waals surface area (Å²) in [4.78, 5) is 0. The summed E-state index contributed by atoms with van der Waals surface area (Å²) in [7, 11) is 0. The topological polar surface area (TPSA) is 37.3 Å². The summed E-state index contributed by atoms with van der Waals surface area (Å²) in [6, 6.07) is 0. The summed E-state index contributed by atoms with van der Waals surface area (Å²) in [5, 5.41) is 1.36. The Morgan fingerprint density at radius 2 is 1.15 bits per heavy atom. The van der Waals surface area contributed by atoms with Crippen LogP contribution in [0.3, 0.4) is 0 Å². The molecule has 0 spiro atoms. The second-order valence-electron chi connectivity index (χ2n) is 5.68. The van der Waals surface area contributed by atoms with Crippen LogP contribution < -0.4 is 0 Å². The van der Waals surface area contributed by atoms with Crippen molar-refractivity contribution in [3.63, 3.8) is 0 Å². The molecule has 0 aliphatic heterocycles. The molecular formula is C17H34O2S.